The van der Waals surface area contributed by atoms with Crippen molar-refractivity contribution in [3.8, 4) is 0 Å². The van der Waals surface area contributed by atoms with Crippen molar-refractivity contribution in [3.63, 3.8) is 0 Å². The summed E-state index contributed by atoms with van der Waals surface area (Å²) in [6.45, 7) is 6.69. The van der Waals surface area contributed by atoms with Crippen molar-refractivity contribution in [2.24, 2.45) is 22.7 Å². The number of allylic oxidation sites excluding steroid dienone is 3. The molecule has 1 fully saturated rings. The number of hydrogen-bond acceptors (Lipinski definition) is 3. The maximum atomic E-state index is 12.9. The minimum Gasteiger partial charge on any atom is -0.396 e. The first-order valence-electron chi connectivity index (χ1n) is 8.87. The molecule has 3 rings (SSSR count). The maximum Gasteiger partial charge on any atom is 0.146 e. The summed E-state index contributed by atoms with van der Waals surface area (Å²) in [4.78, 5) is 24.1. The van der Waals surface area contributed by atoms with Crippen molar-refractivity contribution in [3.05, 3.63) is 22.8 Å². The number of carbonyl (C=O) groups is 2. The molecule has 23 heavy (non-hydrogen) atoms. The molecule has 0 aromatic heterocycles. The smallest absolute Gasteiger partial charge is 0.146 e. The Hall–Kier alpha value is -1.22. The first kappa shape index (κ1) is 16.6. The Bertz CT molecular complexity index is 600. The van der Waals surface area contributed by atoms with Gasteiger partial charge in [-0.15, -0.1) is 0 Å². The summed E-state index contributed by atoms with van der Waals surface area (Å²) in [6, 6.07) is 0. The van der Waals surface area contributed by atoms with Crippen molar-refractivity contribution >= 4 is 12.1 Å². The molecule has 1 saturated carbocycles. The fourth-order valence-corrected chi connectivity index (χ4v) is 5.15. The Morgan fingerprint density at radius 2 is 2.09 bits per heavy atom. The second-order valence-corrected chi connectivity index (χ2v) is 8.29. The summed E-state index contributed by atoms with van der Waals surface area (Å²) >= 11 is 0. The third-order valence-electron chi connectivity index (χ3n) is 6.89. The summed E-state index contributed by atoms with van der Waals surface area (Å²) in [6.07, 6.45) is 8.02. The number of fused-ring (bicyclic) bond motifs is 3. The standard InChI is InChI=1S/C20H28O3/c1-13(11-21)15-6-7-19(2)8-9-20(3)16(18(15)19)5-4-14(12-22)10-17(20)23/h4,12-13,16,21H,5-11H2,1-3H3/t13-,16-,19-,20-/m0/s1. The lowest BCUT2D eigenvalue weighted by atomic mass is 9.54. The van der Waals surface area contributed by atoms with Crippen LogP contribution < -0.4 is 0 Å². The zero-order valence-corrected chi connectivity index (χ0v) is 14.5. The number of ketones is 1. The molecule has 1 N–H and O–H groups in total. The van der Waals surface area contributed by atoms with E-state index < -0.39 is 0 Å². The largest absolute Gasteiger partial charge is 0.396 e. The van der Waals surface area contributed by atoms with Crippen LogP contribution in [0.15, 0.2) is 22.8 Å². The second kappa shape index (κ2) is 5.70. The molecule has 4 atom stereocenters. The Kier molecular flexibility index (Phi) is 4.12. The van der Waals surface area contributed by atoms with Gasteiger partial charge in [-0.1, -0.05) is 38.0 Å². The highest BCUT2D eigenvalue weighted by Crippen LogP contribution is 2.62. The Morgan fingerprint density at radius 3 is 2.74 bits per heavy atom. The van der Waals surface area contributed by atoms with E-state index in [9.17, 15) is 14.7 Å². The lowest BCUT2D eigenvalue weighted by molar-refractivity contribution is -0.131. The van der Waals surface area contributed by atoms with Crippen LogP contribution in [0.4, 0.5) is 0 Å². The molecule has 126 valence electrons. The van der Waals surface area contributed by atoms with Gasteiger partial charge in [0.15, 0.2) is 0 Å². The third-order valence-corrected chi connectivity index (χ3v) is 6.89. The summed E-state index contributed by atoms with van der Waals surface area (Å²) in [5, 5.41) is 9.66. The summed E-state index contributed by atoms with van der Waals surface area (Å²) in [5.41, 5.74) is 3.26. The van der Waals surface area contributed by atoms with E-state index in [-0.39, 0.29) is 41.5 Å². The summed E-state index contributed by atoms with van der Waals surface area (Å²) in [7, 11) is 0. The van der Waals surface area contributed by atoms with Gasteiger partial charge in [-0.05, 0) is 49.0 Å². The van der Waals surface area contributed by atoms with Crippen molar-refractivity contribution in [1.29, 1.82) is 0 Å². The molecular weight excluding hydrogens is 288 g/mol. The molecule has 0 aliphatic heterocycles. The van der Waals surface area contributed by atoms with E-state index in [1.165, 1.54) is 11.1 Å². The molecule has 0 saturated heterocycles. The number of hydrogen-bond donors (Lipinski definition) is 1. The zero-order chi connectivity index (χ0) is 16.8. The average molecular weight is 316 g/mol. The number of aliphatic hydroxyl groups is 1. The molecule has 0 radical (unpaired) electrons. The minimum atomic E-state index is -0.360. The van der Waals surface area contributed by atoms with Crippen LogP contribution in [0.25, 0.3) is 0 Å². The van der Waals surface area contributed by atoms with Gasteiger partial charge in [-0.3, -0.25) is 9.59 Å². The fourth-order valence-electron chi connectivity index (χ4n) is 5.15. The molecule has 3 heteroatoms. The van der Waals surface area contributed by atoms with Gasteiger partial charge < -0.3 is 5.11 Å². The Labute approximate surface area is 138 Å². The molecule has 3 aliphatic carbocycles. The van der Waals surface area contributed by atoms with Crippen molar-refractivity contribution in [1.82, 2.24) is 0 Å². The van der Waals surface area contributed by atoms with Gasteiger partial charge in [0.25, 0.3) is 0 Å². The quantitative estimate of drug-likeness (QED) is 0.639. The van der Waals surface area contributed by atoms with Gasteiger partial charge in [-0.2, -0.15) is 0 Å². The highest BCUT2D eigenvalue weighted by atomic mass is 16.3. The molecule has 0 bridgehead atoms. The maximum absolute atomic E-state index is 12.9. The zero-order valence-electron chi connectivity index (χ0n) is 14.5. The van der Waals surface area contributed by atoms with Crippen LogP contribution >= 0.6 is 0 Å². The number of Topliss-reactive ketones (excluding diaryl/α,β-unsaturated/α-hetero) is 1. The number of aliphatic hydroxyl groups excluding tert-OH is 1. The Morgan fingerprint density at radius 1 is 1.35 bits per heavy atom. The molecular formula is C20H28O3. The van der Waals surface area contributed by atoms with Gasteiger partial charge >= 0.3 is 0 Å². The van der Waals surface area contributed by atoms with E-state index in [1.54, 1.807) is 0 Å². The van der Waals surface area contributed by atoms with E-state index in [1.807, 2.05) is 6.08 Å². The molecule has 0 unspecified atom stereocenters. The van der Waals surface area contributed by atoms with Crippen LogP contribution in [0.5, 0.6) is 0 Å². The predicted molar refractivity (Wildman–Crippen MR) is 89.8 cm³/mol. The van der Waals surface area contributed by atoms with Crippen molar-refractivity contribution in [2.45, 2.75) is 59.3 Å². The highest BCUT2D eigenvalue weighted by Gasteiger charge is 2.54. The summed E-state index contributed by atoms with van der Waals surface area (Å²) in [5.74, 6) is 0.579. The number of aldehydes is 1. The molecule has 0 heterocycles. The monoisotopic (exact) mass is 316 g/mol. The normalized spacial score (nSPS) is 38.5. The fraction of sp³-hybridized carbons (Fsp3) is 0.700. The van der Waals surface area contributed by atoms with Crippen LogP contribution in [0.2, 0.25) is 0 Å². The molecule has 3 nitrogen and oxygen atoms in total. The topological polar surface area (TPSA) is 54.4 Å². The van der Waals surface area contributed by atoms with Crippen LogP contribution in [-0.2, 0) is 9.59 Å². The van der Waals surface area contributed by atoms with Crippen LogP contribution in [-0.4, -0.2) is 23.8 Å². The third kappa shape index (κ3) is 2.44. The second-order valence-electron chi connectivity index (χ2n) is 8.29. The van der Waals surface area contributed by atoms with Gasteiger partial charge in [0.05, 0.1) is 0 Å². The van der Waals surface area contributed by atoms with Gasteiger partial charge in [-0.25, -0.2) is 0 Å². The first-order chi connectivity index (χ1) is 10.9. The number of rotatable bonds is 3. The van der Waals surface area contributed by atoms with Gasteiger partial charge in [0.2, 0.25) is 0 Å². The van der Waals surface area contributed by atoms with E-state index in [2.05, 4.69) is 20.8 Å². The first-order valence-corrected chi connectivity index (χ1v) is 8.87. The minimum absolute atomic E-state index is 0.168. The SMILES string of the molecule is C[C@@H](CO)C1=C2[C@@H]3CC=C(C=O)CC(=O)[C@@]3(C)CC[C@]2(C)CC1. The highest BCUT2D eigenvalue weighted by molar-refractivity contribution is 5.93. The lowest BCUT2D eigenvalue weighted by Crippen LogP contribution is -2.44. The van der Waals surface area contributed by atoms with E-state index in [0.29, 0.717) is 5.57 Å². The molecule has 0 amide bonds. The molecule has 0 aromatic carbocycles. The van der Waals surface area contributed by atoms with Crippen molar-refractivity contribution < 1.29 is 14.7 Å². The average Bonchev–Trinajstić information content (AvgIpc) is 2.83. The van der Waals surface area contributed by atoms with Crippen LogP contribution in [0.3, 0.4) is 0 Å². The van der Waals surface area contributed by atoms with Crippen molar-refractivity contribution in [2.75, 3.05) is 6.61 Å². The van der Waals surface area contributed by atoms with Crippen LogP contribution in [0, 0.1) is 22.7 Å². The summed E-state index contributed by atoms with van der Waals surface area (Å²) < 4.78 is 0. The predicted octanol–water partition coefficient (Wildman–Crippen LogP) is 3.62. The van der Waals surface area contributed by atoms with E-state index in [0.717, 1.165) is 38.4 Å². The van der Waals surface area contributed by atoms with Gasteiger partial charge in [0, 0.05) is 24.4 Å². The number of carbonyl (C=O) groups excluding carboxylic acids is 2. The Balaban J connectivity index is 2.12. The lowest BCUT2D eigenvalue weighted by Gasteiger charge is -2.48. The van der Waals surface area contributed by atoms with E-state index in [4.69, 9.17) is 0 Å². The van der Waals surface area contributed by atoms with E-state index >= 15 is 0 Å². The van der Waals surface area contributed by atoms with Crippen LogP contribution in [0.1, 0.15) is 59.3 Å². The molecule has 0 spiro atoms. The molecule has 0 aromatic rings. The van der Waals surface area contributed by atoms with Gasteiger partial charge in [0.1, 0.15) is 12.1 Å². The molecule has 3 aliphatic rings.